The lowest BCUT2D eigenvalue weighted by atomic mass is 10.2. The van der Waals surface area contributed by atoms with Crippen molar-refractivity contribution in [3.63, 3.8) is 0 Å². The molecule has 0 unspecified atom stereocenters. The van der Waals surface area contributed by atoms with Crippen molar-refractivity contribution < 1.29 is 9.59 Å². The highest BCUT2D eigenvalue weighted by Gasteiger charge is 2.10. The zero-order chi connectivity index (χ0) is 15.4. The second kappa shape index (κ2) is 6.49. The van der Waals surface area contributed by atoms with E-state index in [9.17, 15) is 9.59 Å². The van der Waals surface area contributed by atoms with Crippen molar-refractivity contribution in [3.05, 3.63) is 39.8 Å². The third-order valence-corrected chi connectivity index (χ3v) is 3.88. The van der Waals surface area contributed by atoms with Gasteiger partial charge in [0.2, 0.25) is 11.8 Å². The first-order valence-corrected chi connectivity index (χ1v) is 7.36. The van der Waals surface area contributed by atoms with E-state index in [0.717, 1.165) is 15.6 Å². The number of aromatic nitrogens is 1. The lowest BCUT2D eigenvalue weighted by Gasteiger charge is -2.06. The van der Waals surface area contributed by atoms with Crippen LogP contribution < -0.4 is 10.6 Å². The molecule has 0 saturated heterocycles. The molecule has 0 aliphatic heterocycles. The van der Waals surface area contributed by atoms with Crippen molar-refractivity contribution in [3.8, 4) is 0 Å². The van der Waals surface area contributed by atoms with Crippen LogP contribution in [0.3, 0.4) is 0 Å². The van der Waals surface area contributed by atoms with Crippen molar-refractivity contribution in [2.75, 3.05) is 10.6 Å². The van der Waals surface area contributed by atoms with Gasteiger partial charge in [0, 0.05) is 23.2 Å². The smallest absolute Gasteiger partial charge is 0.229 e. The largest absolute Gasteiger partial charge is 0.326 e. The number of carbonyl (C=O) groups is 2. The average molecular weight is 303 g/mol. The Morgan fingerprint density at radius 2 is 1.67 bits per heavy atom. The maximum absolute atomic E-state index is 12.0. The first-order valence-electron chi connectivity index (χ1n) is 6.54. The van der Waals surface area contributed by atoms with Crippen molar-refractivity contribution in [1.29, 1.82) is 0 Å². The fourth-order valence-corrected chi connectivity index (χ4v) is 2.86. The molecule has 1 heterocycles. The number of carbonyl (C=O) groups excluding carboxylic acids is 2. The van der Waals surface area contributed by atoms with Crippen LogP contribution in [-0.4, -0.2) is 16.8 Å². The summed E-state index contributed by atoms with van der Waals surface area (Å²) in [6.45, 7) is 5.29. The Morgan fingerprint density at radius 1 is 1.10 bits per heavy atom. The van der Waals surface area contributed by atoms with Gasteiger partial charge in [-0.2, -0.15) is 0 Å². The number of hydrogen-bond acceptors (Lipinski definition) is 4. The summed E-state index contributed by atoms with van der Waals surface area (Å²) < 4.78 is 0. The molecule has 0 fully saturated rings. The van der Waals surface area contributed by atoms with E-state index in [-0.39, 0.29) is 11.8 Å². The highest BCUT2D eigenvalue weighted by atomic mass is 32.1. The molecule has 0 atom stereocenters. The predicted octanol–water partition coefficient (Wildman–Crippen LogP) is 2.90. The van der Waals surface area contributed by atoms with E-state index in [0.29, 0.717) is 17.8 Å². The summed E-state index contributed by atoms with van der Waals surface area (Å²) in [4.78, 5) is 28.2. The number of benzene rings is 1. The Balaban J connectivity index is 1.96. The van der Waals surface area contributed by atoms with Crippen LogP contribution >= 0.6 is 11.3 Å². The molecule has 1 aromatic heterocycles. The summed E-state index contributed by atoms with van der Waals surface area (Å²) in [7, 11) is 0. The Morgan fingerprint density at radius 3 is 2.14 bits per heavy atom. The minimum Gasteiger partial charge on any atom is -0.326 e. The fourth-order valence-electron chi connectivity index (χ4n) is 1.93. The lowest BCUT2D eigenvalue weighted by molar-refractivity contribution is -0.116. The molecule has 1 aromatic carbocycles. The topological polar surface area (TPSA) is 71.1 Å². The molecule has 21 heavy (non-hydrogen) atoms. The van der Waals surface area contributed by atoms with Crippen molar-refractivity contribution in [2.24, 2.45) is 0 Å². The Kier molecular flexibility index (Phi) is 4.70. The molecule has 0 saturated carbocycles. The van der Waals surface area contributed by atoms with Crippen LogP contribution in [0.25, 0.3) is 0 Å². The minimum absolute atomic E-state index is 0.0750. The Labute approximate surface area is 127 Å². The van der Waals surface area contributed by atoms with Gasteiger partial charge in [0.05, 0.1) is 17.1 Å². The lowest BCUT2D eigenvalue weighted by Crippen LogP contribution is -2.14. The van der Waals surface area contributed by atoms with Gasteiger partial charge < -0.3 is 10.6 Å². The molecule has 5 nitrogen and oxygen atoms in total. The maximum Gasteiger partial charge on any atom is 0.229 e. The molecule has 6 heteroatoms. The van der Waals surface area contributed by atoms with Crippen LogP contribution in [0.1, 0.15) is 22.5 Å². The fraction of sp³-hybridized carbons (Fsp3) is 0.267. The van der Waals surface area contributed by atoms with Crippen LogP contribution in [-0.2, 0) is 16.0 Å². The number of aryl methyl sites for hydroxylation is 2. The number of rotatable bonds is 4. The average Bonchev–Trinajstić information content (AvgIpc) is 2.69. The Bertz CT molecular complexity index is 662. The molecule has 2 N–H and O–H groups in total. The molecule has 0 bridgehead atoms. The molecule has 0 aliphatic carbocycles. The number of hydrogen-bond donors (Lipinski definition) is 2. The van der Waals surface area contributed by atoms with Gasteiger partial charge in [0.15, 0.2) is 0 Å². The van der Waals surface area contributed by atoms with Gasteiger partial charge in [0.25, 0.3) is 0 Å². The van der Waals surface area contributed by atoms with Crippen molar-refractivity contribution in [1.82, 2.24) is 4.98 Å². The molecule has 2 aromatic rings. The van der Waals surface area contributed by atoms with Gasteiger partial charge in [-0.25, -0.2) is 4.98 Å². The monoisotopic (exact) mass is 303 g/mol. The first kappa shape index (κ1) is 15.2. The molecule has 0 radical (unpaired) electrons. The molecule has 0 spiro atoms. The third kappa shape index (κ3) is 4.39. The molecule has 0 aliphatic rings. The van der Waals surface area contributed by atoms with Gasteiger partial charge in [-0.1, -0.05) is 0 Å². The summed E-state index contributed by atoms with van der Waals surface area (Å²) in [6, 6.07) is 7.01. The first-order chi connectivity index (χ1) is 9.94. The number of thiazole rings is 1. The van der Waals surface area contributed by atoms with E-state index in [4.69, 9.17) is 0 Å². The quantitative estimate of drug-likeness (QED) is 0.912. The molecular formula is C15H17N3O2S. The van der Waals surface area contributed by atoms with Crippen molar-refractivity contribution in [2.45, 2.75) is 27.2 Å². The van der Waals surface area contributed by atoms with E-state index >= 15 is 0 Å². The van der Waals surface area contributed by atoms with Gasteiger partial charge in [0.1, 0.15) is 0 Å². The van der Waals surface area contributed by atoms with Crippen molar-refractivity contribution >= 4 is 34.5 Å². The molecule has 2 amide bonds. The number of amides is 2. The van der Waals surface area contributed by atoms with Crippen LogP contribution in [0.4, 0.5) is 11.4 Å². The van der Waals surface area contributed by atoms with Gasteiger partial charge in [-0.05, 0) is 38.1 Å². The summed E-state index contributed by atoms with van der Waals surface area (Å²) in [5.41, 5.74) is 2.32. The number of nitrogens with zero attached hydrogens (tertiary/aromatic N) is 1. The summed E-state index contributed by atoms with van der Waals surface area (Å²) in [5.74, 6) is -0.197. The van der Waals surface area contributed by atoms with Crippen LogP contribution in [0.5, 0.6) is 0 Å². The van der Waals surface area contributed by atoms with E-state index in [1.54, 1.807) is 35.6 Å². The van der Waals surface area contributed by atoms with Gasteiger partial charge in [-0.3, -0.25) is 9.59 Å². The third-order valence-electron chi connectivity index (χ3n) is 2.81. The van der Waals surface area contributed by atoms with E-state index in [1.807, 2.05) is 13.8 Å². The maximum atomic E-state index is 12.0. The van der Waals surface area contributed by atoms with Crippen LogP contribution in [0.2, 0.25) is 0 Å². The second-order valence-electron chi connectivity index (χ2n) is 4.72. The standard InChI is InChI=1S/C15H17N3O2S/c1-9-14(21-11(3)16-9)8-15(20)18-13-6-4-12(5-7-13)17-10(2)19/h4-7H,8H2,1-3H3,(H,17,19)(H,18,20). The van der Waals surface area contributed by atoms with Crippen LogP contribution in [0.15, 0.2) is 24.3 Å². The zero-order valence-corrected chi connectivity index (χ0v) is 13.0. The minimum atomic E-state index is -0.122. The predicted molar refractivity (Wildman–Crippen MR) is 84.7 cm³/mol. The number of nitrogens with one attached hydrogen (secondary N) is 2. The molecule has 2 rings (SSSR count). The van der Waals surface area contributed by atoms with Gasteiger partial charge >= 0.3 is 0 Å². The summed E-state index contributed by atoms with van der Waals surface area (Å²) in [5, 5.41) is 6.48. The zero-order valence-electron chi connectivity index (χ0n) is 12.2. The van der Waals surface area contributed by atoms with E-state index < -0.39 is 0 Å². The second-order valence-corrected chi connectivity index (χ2v) is 6.01. The van der Waals surface area contributed by atoms with Crippen LogP contribution in [0, 0.1) is 13.8 Å². The summed E-state index contributed by atoms with van der Waals surface area (Å²) in [6.07, 6.45) is 0.324. The Hall–Kier alpha value is -2.21. The summed E-state index contributed by atoms with van der Waals surface area (Å²) >= 11 is 1.54. The normalized spacial score (nSPS) is 10.2. The molecule has 110 valence electrons. The van der Waals surface area contributed by atoms with E-state index in [1.165, 1.54) is 6.92 Å². The SMILES string of the molecule is CC(=O)Nc1ccc(NC(=O)Cc2sc(C)nc2C)cc1. The van der Waals surface area contributed by atoms with E-state index in [2.05, 4.69) is 15.6 Å². The number of anilines is 2. The molecular weight excluding hydrogens is 286 g/mol. The van der Waals surface area contributed by atoms with Gasteiger partial charge in [-0.15, -0.1) is 11.3 Å². The highest BCUT2D eigenvalue weighted by molar-refractivity contribution is 7.11. The highest BCUT2D eigenvalue weighted by Crippen LogP contribution is 2.19.